The smallest absolute Gasteiger partial charge is 0.255 e. The number of nitrogen functional groups attached to an aromatic ring is 1. The number of ether oxygens (including phenoxy) is 1. The van der Waals surface area contributed by atoms with Crippen LogP contribution in [0.3, 0.4) is 0 Å². The largest absolute Gasteiger partial charge is 0.494 e. The van der Waals surface area contributed by atoms with E-state index >= 15 is 0 Å². The first-order valence-electron chi connectivity index (χ1n) is 6.65. The van der Waals surface area contributed by atoms with E-state index in [1.165, 1.54) is 20.0 Å². The lowest BCUT2D eigenvalue weighted by atomic mass is 10.1. The van der Waals surface area contributed by atoms with Crippen molar-refractivity contribution in [2.75, 3.05) is 39.0 Å². The van der Waals surface area contributed by atoms with Gasteiger partial charge in [-0.2, -0.15) is 0 Å². The van der Waals surface area contributed by atoms with E-state index in [0.29, 0.717) is 23.5 Å². The van der Waals surface area contributed by atoms with Crippen LogP contribution in [0.4, 0.5) is 5.69 Å². The number of benzene rings is 1. The number of para-hydroxylation sites is 1. The minimum Gasteiger partial charge on any atom is -0.494 e. The first kappa shape index (κ1) is 13.7. The first-order chi connectivity index (χ1) is 9.22. The Balaban J connectivity index is 1.90. The molecule has 1 saturated heterocycles. The number of methoxy groups -OCH3 is 1. The predicted molar refractivity (Wildman–Crippen MR) is 75.4 cm³/mol. The highest BCUT2D eigenvalue weighted by Gasteiger charge is 2.15. The normalized spacial score (nSPS) is 15.4. The van der Waals surface area contributed by atoms with Crippen LogP contribution in [-0.2, 0) is 0 Å². The number of carbonyl (C=O) groups excluding carboxylic acids is 1. The van der Waals surface area contributed by atoms with Crippen molar-refractivity contribution >= 4 is 11.6 Å². The Hall–Kier alpha value is -1.75. The van der Waals surface area contributed by atoms with Gasteiger partial charge in [0.2, 0.25) is 0 Å². The second-order valence-corrected chi connectivity index (χ2v) is 4.73. The summed E-state index contributed by atoms with van der Waals surface area (Å²) in [5.41, 5.74) is 6.76. The molecule has 0 aliphatic carbocycles. The molecule has 0 aromatic heterocycles. The van der Waals surface area contributed by atoms with Gasteiger partial charge in [0.1, 0.15) is 0 Å². The number of amides is 1. The van der Waals surface area contributed by atoms with Gasteiger partial charge >= 0.3 is 0 Å². The molecule has 2 rings (SSSR count). The molecule has 19 heavy (non-hydrogen) atoms. The lowest BCUT2D eigenvalue weighted by Gasteiger charge is -2.15. The minimum atomic E-state index is -0.136. The molecule has 1 fully saturated rings. The van der Waals surface area contributed by atoms with Gasteiger partial charge in [-0.15, -0.1) is 0 Å². The highest BCUT2D eigenvalue weighted by Crippen LogP contribution is 2.25. The third kappa shape index (κ3) is 3.38. The summed E-state index contributed by atoms with van der Waals surface area (Å²) in [5, 5.41) is 2.91. The van der Waals surface area contributed by atoms with Gasteiger partial charge in [-0.1, -0.05) is 6.07 Å². The molecule has 0 atom stereocenters. The van der Waals surface area contributed by atoms with Gasteiger partial charge in [0.15, 0.2) is 5.75 Å². The summed E-state index contributed by atoms with van der Waals surface area (Å²) in [6.45, 7) is 3.82. The van der Waals surface area contributed by atoms with E-state index in [1.54, 1.807) is 18.2 Å². The van der Waals surface area contributed by atoms with Crippen LogP contribution in [0.2, 0.25) is 0 Å². The molecule has 1 aliphatic heterocycles. The zero-order chi connectivity index (χ0) is 13.7. The lowest BCUT2D eigenvalue weighted by molar-refractivity contribution is 0.0947. The van der Waals surface area contributed by atoms with E-state index in [2.05, 4.69) is 10.2 Å². The fourth-order valence-electron chi connectivity index (χ4n) is 2.39. The van der Waals surface area contributed by atoms with E-state index in [9.17, 15) is 4.79 Å². The Morgan fingerprint density at radius 2 is 2.16 bits per heavy atom. The number of rotatable bonds is 5. The monoisotopic (exact) mass is 263 g/mol. The van der Waals surface area contributed by atoms with E-state index in [-0.39, 0.29) is 5.91 Å². The molecule has 5 heteroatoms. The van der Waals surface area contributed by atoms with Gasteiger partial charge in [0, 0.05) is 13.1 Å². The highest BCUT2D eigenvalue weighted by molar-refractivity contribution is 5.98. The third-order valence-electron chi connectivity index (χ3n) is 3.41. The number of hydrogen-bond acceptors (Lipinski definition) is 4. The summed E-state index contributed by atoms with van der Waals surface area (Å²) in [4.78, 5) is 14.4. The molecule has 104 valence electrons. The van der Waals surface area contributed by atoms with Crippen LogP contribution in [0.5, 0.6) is 5.75 Å². The van der Waals surface area contributed by atoms with Gasteiger partial charge in [-0.05, 0) is 38.1 Å². The second-order valence-electron chi connectivity index (χ2n) is 4.73. The van der Waals surface area contributed by atoms with Crippen LogP contribution in [-0.4, -0.2) is 44.1 Å². The number of carbonyl (C=O) groups is 1. The highest BCUT2D eigenvalue weighted by atomic mass is 16.5. The zero-order valence-corrected chi connectivity index (χ0v) is 11.3. The van der Waals surface area contributed by atoms with Crippen LogP contribution >= 0.6 is 0 Å². The zero-order valence-electron chi connectivity index (χ0n) is 11.3. The molecule has 1 aliphatic rings. The topological polar surface area (TPSA) is 67.6 Å². The summed E-state index contributed by atoms with van der Waals surface area (Å²) in [5.74, 6) is 0.310. The fraction of sp³-hybridized carbons (Fsp3) is 0.500. The molecule has 0 spiro atoms. The van der Waals surface area contributed by atoms with Crippen molar-refractivity contribution in [3.05, 3.63) is 23.8 Å². The van der Waals surface area contributed by atoms with Crippen molar-refractivity contribution in [2.45, 2.75) is 12.8 Å². The average molecular weight is 263 g/mol. The molecule has 0 saturated carbocycles. The quantitative estimate of drug-likeness (QED) is 0.781. The van der Waals surface area contributed by atoms with Gasteiger partial charge in [-0.3, -0.25) is 4.79 Å². The summed E-state index contributed by atoms with van der Waals surface area (Å²) in [7, 11) is 1.52. The van der Waals surface area contributed by atoms with Crippen molar-refractivity contribution in [2.24, 2.45) is 0 Å². The molecule has 1 heterocycles. The molecular weight excluding hydrogens is 242 g/mol. The molecule has 1 aromatic carbocycles. The maximum absolute atomic E-state index is 12.1. The van der Waals surface area contributed by atoms with Gasteiger partial charge in [-0.25, -0.2) is 0 Å². The van der Waals surface area contributed by atoms with Crippen LogP contribution in [0, 0.1) is 0 Å². The van der Waals surface area contributed by atoms with Crippen molar-refractivity contribution in [1.82, 2.24) is 10.2 Å². The van der Waals surface area contributed by atoms with E-state index in [0.717, 1.165) is 19.6 Å². The molecule has 0 unspecified atom stereocenters. The van der Waals surface area contributed by atoms with E-state index < -0.39 is 0 Å². The average Bonchev–Trinajstić information content (AvgIpc) is 2.91. The third-order valence-corrected chi connectivity index (χ3v) is 3.41. The lowest BCUT2D eigenvalue weighted by Crippen LogP contribution is -2.33. The van der Waals surface area contributed by atoms with Crippen LogP contribution < -0.4 is 15.8 Å². The number of hydrogen-bond donors (Lipinski definition) is 2. The van der Waals surface area contributed by atoms with Gasteiger partial charge in [0.05, 0.1) is 18.4 Å². The second kappa shape index (κ2) is 6.43. The number of nitrogens with one attached hydrogen (secondary N) is 1. The summed E-state index contributed by atoms with van der Waals surface area (Å²) >= 11 is 0. The summed E-state index contributed by atoms with van der Waals surface area (Å²) < 4.78 is 5.18. The number of nitrogens with zero attached hydrogens (tertiary/aromatic N) is 1. The number of anilines is 1. The fourth-order valence-corrected chi connectivity index (χ4v) is 2.39. The molecule has 1 aromatic rings. The predicted octanol–water partition coefficient (Wildman–Crippen LogP) is 1.10. The van der Waals surface area contributed by atoms with Crippen molar-refractivity contribution < 1.29 is 9.53 Å². The first-order valence-corrected chi connectivity index (χ1v) is 6.65. The maximum atomic E-state index is 12.1. The molecule has 0 radical (unpaired) electrons. The Morgan fingerprint density at radius 1 is 1.42 bits per heavy atom. The van der Waals surface area contributed by atoms with Crippen LogP contribution in [0.25, 0.3) is 0 Å². The SMILES string of the molecule is COc1c(N)cccc1C(=O)NCCN1CCCC1. The van der Waals surface area contributed by atoms with E-state index in [4.69, 9.17) is 10.5 Å². The van der Waals surface area contributed by atoms with Crippen molar-refractivity contribution in [3.63, 3.8) is 0 Å². The maximum Gasteiger partial charge on any atom is 0.255 e. The van der Waals surface area contributed by atoms with Gasteiger partial charge < -0.3 is 20.7 Å². The Labute approximate surface area is 113 Å². The van der Waals surface area contributed by atoms with E-state index in [1.807, 2.05) is 0 Å². The van der Waals surface area contributed by atoms with Gasteiger partial charge in [0.25, 0.3) is 5.91 Å². The molecule has 3 N–H and O–H groups in total. The number of likely N-dealkylation sites (tertiary alicyclic amines) is 1. The van der Waals surface area contributed by atoms with Crippen LogP contribution in [0.15, 0.2) is 18.2 Å². The Morgan fingerprint density at radius 3 is 2.84 bits per heavy atom. The Bertz CT molecular complexity index is 442. The minimum absolute atomic E-state index is 0.136. The van der Waals surface area contributed by atoms with Crippen molar-refractivity contribution in [1.29, 1.82) is 0 Å². The molecule has 1 amide bonds. The van der Waals surface area contributed by atoms with Crippen LogP contribution in [0.1, 0.15) is 23.2 Å². The Kier molecular flexibility index (Phi) is 4.63. The molecular formula is C14H21N3O2. The molecule has 0 bridgehead atoms. The summed E-state index contributed by atoms with van der Waals surface area (Å²) in [6, 6.07) is 5.20. The summed E-state index contributed by atoms with van der Waals surface area (Å²) in [6.07, 6.45) is 2.52. The standard InChI is InChI=1S/C14H21N3O2/c1-19-13-11(5-4-6-12(13)15)14(18)16-7-10-17-8-2-3-9-17/h4-6H,2-3,7-10,15H2,1H3,(H,16,18). The van der Waals surface area contributed by atoms with Crippen molar-refractivity contribution in [3.8, 4) is 5.75 Å². The molecule has 5 nitrogen and oxygen atoms in total. The number of nitrogens with two attached hydrogens (primary N) is 1.